The Labute approximate surface area is 112 Å². The van der Waals surface area contributed by atoms with Crippen molar-refractivity contribution in [2.75, 3.05) is 0 Å². The molecule has 7 heteroatoms. The normalized spacial score (nSPS) is 10.8. The van der Waals surface area contributed by atoms with Crippen molar-refractivity contribution in [3.8, 4) is 0 Å². The topological polar surface area (TPSA) is 80.9 Å². The second-order valence-corrected chi connectivity index (χ2v) is 4.59. The van der Waals surface area contributed by atoms with Gasteiger partial charge in [0.1, 0.15) is 16.8 Å². The first-order valence-corrected chi connectivity index (χ1v) is 6.38. The fourth-order valence-corrected chi connectivity index (χ4v) is 2.21. The molecule has 19 heavy (non-hydrogen) atoms. The van der Waals surface area contributed by atoms with Gasteiger partial charge in [-0.2, -0.15) is 8.75 Å². The number of amides is 1. The Morgan fingerprint density at radius 3 is 3.00 bits per heavy atom. The minimum atomic E-state index is -0.157. The molecule has 0 atom stereocenters. The zero-order valence-electron chi connectivity index (χ0n) is 10.1. The van der Waals surface area contributed by atoms with Gasteiger partial charge in [0.2, 0.25) is 0 Å². The minimum Gasteiger partial charge on any atom is -0.361 e. The van der Waals surface area contributed by atoms with E-state index in [1.165, 1.54) is 0 Å². The summed E-state index contributed by atoms with van der Waals surface area (Å²) in [5.41, 5.74) is 2.97. The van der Waals surface area contributed by atoms with E-state index in [0.717, 1.165) is 28.3 Å². The van der Waals surface area contributed by atoms with Crippen molar-refractivity contribution in [3.05, 3.63) is 41.3 Å². The Bertz CT molecular complexity index is 734. The van der Waals surface area contributed by atoms with E-state index in [2.05, 4.69) is 19.2 Å². The highest BCUT2D eigenvalue weighted by Gasteiger charge is 2.09. The second-order valence-electron chi connectivity index (χ2n) is 4.06. The van der Waals surface area contributed by atoms with Crippen LogP contribution in [0, 0.1) is 6.92 Å². The first-order chi connectivity index (χ1) is 9.24. The molecular weight excluding hydrogens is 264 g/mol. The Morgan fingerprint density at radius 1 is 1.37 bits per heavy atom. The van der Waals surface area contributed by atoms with Crippen LogP contribution in [0.5, 0.6) is 0 Å². The maximum Gasteiger partial charge on any atom is 0.251 e. The van der Waals surface area contributed by atoms with E-state index in [4.69, 9.17) is 4.52 Å². The van der Waals surface area contributed by atoms with E-state index in [0.29, 0.717) is 17.9 Å². The largest absolute Gasteiger partial charge is 0.361 e. The van der Waals surface area contributed by atoms with Gasteiger partial charge in [0, 0.05) is 17.7 Å². The van der Waals surface area contributed by atoms with Crippen LogP contribution >= 0.6 is 11.7 Å². The van der Waals surface area contributed by atoms with Gasteiger partial charge in [-0.25, -0.2) is 0 Å². The van der Waals surface area contributed by atoms with Crippen molar-refractivity contribution in [2.24, 2.45) is 0 Å². The number of aryl methyl sites for hydroxylation is 1. The molecular formula is C12H10N4O2S. The molecule has 2 aromatic heterocycles. The average molecular weight is 274 g/mol. The van der Waals surface area contributed by atoms with Crippen LogP contribution in [0.3, 0.4) is 0 Å². The first kappa shape index (κ1) is 11.8. The third kappa shape index (κ3) is 2.32. The summed E-state index contributed by atoms with van der Waals surface area (Å²) in [4.78, 5) is 12.0. The number of nitrogens with zero attached hydrogens (tertiary/aromatic N) is 3. The average Bonchev–Trinajstić information content (AvgIpc) is 3.03. The Balaban J connectivity index is 1.74. The number of benzene rings is 1. The number of fused-ring (bicyclic) bond motifs is 1. The van der Waals surface area contributed by atoms with Crippen molar-refractivity contribution < 1.29 is 9.32 Å². The monoisotopic (exact) mass is 274 g/mol. The molecule has 0 radical (unpaired) electrons. The number of carbonyl (C=O) groups is 1. The van der Waals surface area contributed by atoms with Crippen LogP contribution in [-0.2, 0) is 6.54 Å². The molecule has 0 spiro atoms. The number of hydrogen-bond donors (Lipinski definition) is 1. The van der Waals surface area contributed by atoms with E-state index in [1.54, 1.807) is 24.4 Å². The van der Waals surface area contributed by atoms with Gasteiger partial charge in [-0.15, -0.1) is 0 Å². The molecule has 1 N–H and O–H groups in total. The second kappa shape index (κ2) is 4.77. The van der Waals surface area contributed by atoms with Crippen LogP contribution in [0.1, 0.15) is 21.7 Å². The number of hydrogen-bond acceptors (Lipinski definition) is 6. The molecule has 0 saturated heterocycles. The molecule has 3 aromatic rings. The van der Waals surface area contributed by atoms with Crippen LogP contribution in [0.25, 0.3) is 11.0 Å². The predicted octanol–water partition coefficient (Wildman–Crippen LogP) is 1.92. The van der Waals surface area contributed by atoms with Crippen molar-refractivity contribution in [3.63, 3.8) is 0 Å². The van der Waals surface area contributed by atoms with Crippen LogP contribution in [0.2, 0.25) is 0 Å². The molecule has 1 aromatic carbocycles. The lowest BCUT2D eigenvalue weighted by molar-refractivity contribution is 0.0951. The summed E-state index contributed by atoms with van der Waals surface area (Å²) in [6.45, 7) is 2.20. The van der Waals surface area contributed by atoms with Gasteiger partial charge >= 0.3 is 0 Å². The molecule has 0 aliphatic rings. The molecule has 0 bridgehead atoms. The zero-order chi connectivity index (χ0) is 13.2. The standard InChI is InChI=1S/C12H10N4O2S/c1-7-9(6-14-18-7)5-13-12(17)8-2-3-10-11(4-8)16-19-15-10/h2-4,6H,5H2,1H3,(H,13,17). The van der Waals surface area contributed by atoms with Crippen molar-refractivity contribution >= 4 is 28.7 Å². The van der Waals surface area contributed by atoms with E-state index >= 15 is 0 Å². The lowest BCUT2D eigenvalue weighted by Gasteiger charge is -2.03. The van der Waals surface area contributed by atoms with E-state index in [1.807, 2.05) is 6.92 Å². The zero-order valence-corrected chi connectivity index (χ0v) is 10.9. The third-order valence-corrected chi connectivity index (χ3v) is 3.36. The summed E-state index contributed by atoms with van der Waals surface area (Å²) >= 11 is 1.13. The van der Waals surface area contributed by atoms with E-state index in [-0.39, 0.29) is 5.91 Å². The molecule has 6 nitrogen and oxygen atoms in total. The fourth-order valence-electron chi connectivity index (χ4n) is 1.69. The SMILES string of the molecule is Cc1oncc1CNC(=O)c1ccc2nsnc2c1. The quantitative estimate of drug-likeness (QED) is 0.789. The van der Waals surface area contributed by atoms with Crippen molar-refractivity contribution in [1.82, 2.24) is 19.2 Å². The molecule has 0 saturated carbocycles. The molecule has 3 rings (SSSR count). The predicted molar refractivity (Wildman–Crippen MR) is 69.8 cm³/mol. The summed E-state index contributed by atoms with van der Waals surface area (Å²) < 4.78 is 13.1. The highest BCUT2D eigenvalue weighted by molar-refractivity contribution is 7.00. The van der Waals surface area contributed by atoms with Crippen LogP contribution < -0.4 is 5.32 Å². The first-order valence-electron chi connectivity index (χ1n) is 5.65. The van der Waals surface area contributed by atoms with Gasteiger partial charge in [-0.3, -0.25) is 4.79 Å². The molecule has 96 valence electrons. The molecule has 0 fully saturated rings. The van der Waals surface area contributed by atoms with Crippen molar-refractivity contribution in [1.29, 1.82) is 0 Å². The highest BCUT2D eigenvalue weighted by atomic mass is 32.1. The minimum absolute atomic E-state index is 0.157. The maximum atomic E-state index is 12.0. The Morgan fingerprint density at radius 2 is 2.21 bits per heavy atom. The van der Waals surface area contributed by atoms with Crippen molar-refractivity contribution in [2.45, 2.75) is 13.5 Å². The lowest BCUT2D eigenvalue weighted by Crippen LogP contribution is -2.22. The number of rotatable bonds is 3. The molecule has 1 amide bonds. The fraction of sp³-hybridized carbons (Fsp3) is 0.167. The van der Waals surface area contributed by atoms with Gasteiger partial charge in [0.15, 0.2) is 0 Å². The van der Waals surface area contributed by atoms with E-state index in [9.17, 15) is 4.79 Å². The summed E-state index contributed by atoms with van der Waals surface area (Å²) in [6.07, 6.45) is 1.60. The number of nitrogens with one attached hydrogen (secondary N) is 1. The summed E-state index contributed by atoms with van der Waals surface area (Å²) in [5, 5.41) is 6.48. The van der Waals surface area contributed by atoms with Crippen LogP contribution in [0.15, 0.2) is 28.9 Å². The summed E-state index contributed by atoms with van der Waals surface area (Å²) in [5.74, 6) is 0.551. The smallest absolute Gasteiger partial charge is 0.251 e. The van der Waals surface area contributed by atoms with Gasteiger partial charge in [-0.05, 0) is 25.1 Å². The van der Waals surface area contributed by atoms with Gasteiger partial charge in [0.25, 0.3) is 5.91 Å². The van der Waals surface area contributed by atoms with Gasteiger partial charge in [0.05, 0.1) is 17.9 Å². The van der Waals surface area contributed by atoms with E-state index < -0.39 is 0 Å². The molecule has 0 aliphatic carbocycles. The highest BCUT2D eigenvalue weighted by Crippen LogP contribution is 2.13. The molecule has 2 heterocycles. The van der Waals surface area contributed by atoms with Gasteiger partial charge < -0.3 is 9.84 Å². The van der Waals surface area contributed by atoms with Crippen LogP contribution in [-0.4, -0.2) is 19.8 Å². The summed E-state index contributed by atoms with van der Waals surface area (Å²) in [6, 6.07) is 5.26. The molecule has 0 aliphatic heterocycles. The Kier molecular flexibility index (Phi) is 2.96. The lowest BCUT2D eigenvalue weighted by atomic mass is 10.2. The third-order valence-electron chi connectivity index (χ3n) is 2.81. The maximum absolute atomic E-state index is 12.0. The number of carbonyl (C=O) groups excluding carboxylic acids is 1. The molecule has 0 unspecified atom stereocenters. The van der Waals surface area contributed by atoms with Gasteiger partial charge in [-0.1, -0.05) is 5.16 Å². The summed E-state index contributed by atoms with van der Waals surface area (Å²) in [7, 11) is 0. The Hall–Kier alpha value is -2.28. The number of aromatic nitrogens is 3. The van der Waals surface area contributed by atoms with Crippen LogP contribution in [0.4, 0.5) is 0 Å².